The number of hydrogen-bond acceptors (Lipinski definition) is 5. The van der Waals surface area contributed by atoms with E-state index in [1.54, 1.807) is 32.1 Å². The van der Waals surface area contributed by atoms with Gasteiger partial charge in [-0.2, -0.15) is 18.3 Å². The van der Waals surface area contributed by atoms with Crippen molar-refractivity contribution < 1.29 is 13.2 Å². The van der Waals surface area contributed by atoms with E-state index in [-0.39, 0.29) is 11.5 Å². The zero-order valence-corrected chi connectivity index (χ0v) is 21.2. The molecule has 34 heavy (non-hydrogen) atoms. The van der Waals surface area contributed by atoms with Crippen LogP contribution in [0, 0.1) is 30.1 Å². The molecule has 2 aromatic rings. The molecular formula is C25H37F3N6. The van der Waals surface area contributed by atoms with Gasteiger partial charge in [-0.1, -0.05) is 20.8 Å². The van der Waals surface area contributed by atoms with Crippen LogP contribution in [-0.4, -0.2) is 58.1 Å². The molecule has 1 aliphatic carbocycles. The summed E-state index contributed by atoms with van der Waals surface area (Å²) in [5.41, 5.74) is 1.09. The van der Waals surface area contributed by atoms with Crippen LogP contribution in [0.2, 0.25) is 0 Å². The smallest absolute Gasteiger partial charge is 0.357 e. The van der Waals surface area contributed by atoms with Gasteiger partial charge in [0.1, 0.15) is 11.3 Å². The van der Waals surface area contributed by atoms with Crippen LogP contribution >= 0.6 is 0 Å². The molecule has 9 heteroatoms. The molecule has 188 valence electrons. The van der Waals surface area contributed by atoms with Gasteiger partial charge in [-0.05, 0) is 67.5 Å². The van der Waals surface area contributed by atoms with Crippen molar-refractivity contribution in [3.8, 4) is 11.4 Å². The molecule has 0 amide bonds. The SMILES string of the molecule is Cc1cnn(C)c1-c1cc(C(F)(F)F)c(N(C)C[C@H]2C[C@@H]3CN(CCC(C)(C)C)C[C@@H]3C2)nn1. The van der Waals surface area contributed by atoms with Crippen molar-refractivity contribution in [3.63, 3.8) is 0 Å². The van der Waals surface area contributed by atoms with E-state index in [2.05, 4.69) is 41.0 Å². The third kappa shape index (κ3) is 5.39. The Balaban J connectivity index is 1.43. The number of rotatable bonds is 6. The van der Waals surface area contributed by atoms with Gasteiger partial charge in [0.25, 0.3) is 0 Å². The molecule has 2 fully saturated rings. The first-order chi connectivity index (χ1) is 15.8. The van der Waals surface area contributed by atoms with Crippen LogP contribution in [0.4, 0.5) is 19.0 Å². The number of halogens is 3. The highest BCUT2D eigenvalue weighted by Crippen LogP contribution is 2.43. The van der Waals surface area contributed by atoms with Gasteiger partial charge in [0.15, 0.2) is 5.82 Å². The summed E-state index contributed by atoms with van der Waals surface area (Å²) in [6.45, 7) is 12.6. The van der Waals surface area contributed by atoms with Crippen molar-refractivity contribution in [2.45, 2.75) is 53.1 Å². The minimum absolute atomic E-state index is 0.0973. The van der Waals surface area contributed by atoms with E-state index in [0.717, 1.165) is 44.1 Å². The highest BCUT2D eigenvalue weighted by molar-refractivity contribution is 5.62. The lowest BCUT2D eigenvalue weighted by Crippen LogP contribution is -2.30. The van der Waals surface area contributed by atoms with Crippen molar-refractivity contribution in [2.75, 3.05) is 38.1 Å². The van der Waals surface area contributed by atoms with Crippen molar-refractivity contribution >= 4 is 5.82 Å². The van der Waals surface area contributed by atoms with Gasteiger partial charge in [0.2, 0.25) is 0 Å². The Morgan fingerprint density at radius 2 is 1.74 bits per heavy atom. The molecule has 6 nitrogen and oxygen atoms in total. The third-order valence-corrected chi connectivity index (χ3v) is 7.44. The van der Waals surface area contributed by atoms with Crippen LogP contribution in [0.3, 0.4) is 0 Å². The molecule has 0 bridgehead atoms. The number of alkyl halides is 3. The number of fused-ring (bicyclic) bond motifs is 1. The monoisotopic (exact) mass is 478 g/mol. The zero-order chi connectivity index (χ0) is 24.8. The highest BCUT2D eigenvalue weighted by Gasteiger charge is 2.42. The predicted molar refractivity (Wildman–Crippen MR) is 127 cm³/mol. The fraction of sp³-hybridized carbons (Fsp3) is 0.720. The van der Waals surface area contributed by atoms with Crippen LogP contribution in [0.15, 0.2) is 12.3 Å². The van der Waals surface area contributed by atoms with Gasteiger partial charge in [0.05, 0.1) is 11.9 Å². The Bertz CT molecular complexity index is 976. The van der Waals surface area contributed by atoms with Gasteiger partial charge >= 0.3 is 6.18 Å². The average molecular weight is 479 g/mol. The van der Waals surface area contributed by atoms with E-state index in [0.29, 0.717) is 35.4 Å². The Morgan fingerprint density at radius 1 is 1.09 bits per heavy atom. The second-order valence-corrected chi connectivity index (χ2v) is 11.6. The molecule has 0 unspecified atom stereocenters. The van der Waals surface area contributed by atoms with Crippen LogP contribution in [0.25, 0.3) is 11.4 Å². The molecule has 1 saturated heterocycles. The Hall–Kier alpha value is -2.16. The predicted octanol–water partition coefficient (Wildman–Crippen LogP) is 5.03. The minimum Gasteiger partial charge on any atom is -0.357 e. The number of anilines is 1. The van der Waals surface area contributed by atoms with Crippen molar-refractivity contribution in [3.05, 3.63) is 23.4 Å². The van der Waals surface area contributed by atoms with Crippen LogP contribution in [0.1, 0.15) is 51.2 Å². The van der Waals surface area contributed by atoms with Crippen molar-refractivity contribution in [1.82, 2.24) is 24.9 Å². The fourth-order valence-corrected chi connectivity index (χ4v) is 5.73. The molecule has 3 atom stereocenters. The maximum Gasteiger partial charge on any atom is 0.420 e. The second kappa shape index (κ2) is 9.13. The first-order valence-corrected chi connectivity index (χ1v) is 12.2. The second-order valence-electron chi connectivity index (χ2n) is 11.6. The quantitative estimate of drug-likeness (QED) is 0.583. The molecule has 1 saturated carbocycles. The van der Waals surface area contributed by atoms with Crippen molar-refractivity contribution in [2.24, 2.45) is 30.2 Å². The standard InChI is InChI=1S/C25H37F3N6/c1-16-12-29-33(6)22(16)21-11-20(25(26,27)28)23(31-30-21)32(5)13-17-9-18-14-34(15-19(18)10-17)8-7-24(2,3)4/h11-12,17-19H,7-10,13-15H2,1-6H3/t17-,18+,19-. The molecule has 0 spiro atoms. The zero-order valence-electron chi connectivity index (χ0n) is 21.2. The van der Waals surface area contributed by atoms with Crippen LogP contribution < -0.4 is 4.90 Å². The molecule has 0 aromatic carbocycles. The minimum atomic E-state index is -4.51. The lowest BCUT2D eigenvalue weighted by Gasteiger charge is -2.27. The summed E-state index contributed by atoms with van der Waals surface area (Å²) in [5.74, 6) is 1.59. The van der Waals surface area contributed by atoms with Gasteiger partial charge in [-0.25, -0.2) is 0 Å². The topological polar surface area (TPSA) is 50.1 Å². The summed E-state index contributed by atoms with van der Waals surface area (Å²) in [7, 11) is 3.40. The number of nitrogens with zero attached hydrogens (tertiary/aromatic N) is 6. The highest BCUT2D eigenvalue weighted by atomic mass is 19.4. The van der Waals surface area contributed by atoms with Crippen molar-refractivity contribution in [1.29, 1.82) is 0 Å². The first-order valence-electron chi connectivity index (χ1n) is 12.2. The maximum atomic E-state index is 14.0. The Kier molecular flexibility index (Phi) is 6.70. The van der Waals surface area contributed by atoms with E-state index >= 15 is 0 Å². The lowest BCUT2D eigenvalue weighted by atomic mass is 9.92. The summed E-state index contributed by atoms with van der Waals surface area (Å²) in [6.07, 6.45) is 0.433. The van der Waals surface area contributed by atoms with E-state index in [1.165, 1.54) is 11.1 Å². The normalized spacial score (nSPS) is 23.5. The third-order valence-electron chi connectivity index (χ3n) is 7.44. The van der Waals surface area contributed by atoms with E-state index in [1.807, 2.05) is 0 Å². The molecule has 0 N–H and O–H groups in total. The number of aryl methyl sites for hydroxylation is 2. The maximum absolute atomic E-state index is 14.0. The molecule has 4 rings (SSSR count). The van der Waals surface area contributed by atoms with E-state index in [4.69, 9.17) is 0 Å². The van der Waals surface area contributed by atoms with Crippen LogP contribution in [0.5, 0.6) is 0 Å². The molecule has 3 heterocycles. The number of aromatic nitrogens is 4. The van der Waals surface area contributed by atoms with E-state index < -0.39 is 11.7 Å². The molecular weight excluding hydrogens is 441 g/mol. The Labute approximate surface area is 200 Å². The first kappa shape index (κ1) is 24.9. The Morgan fingerprint density at radius 3 is 2.26 bits per heavy atom. The van der Waals surface area contributed by atoms with Gasteiger partial charge in [-0.15, -0.1) is 10.2 Å². The van der Waals surface area contributed by atoms with Crippen LogP contribution in [-0.2, 0) is 13.2 Å². The fourth-order valence-electron chi connectivity index (χ4n) is 5.73. The summed E-state index contributed by atoms with van der Waals surface area (Å²) in [4.78, 5) is 4.23. The average Bonchev–Trinajstić information content (AvgIpc) is 3.37. The summed E-state index contributed by atoms with van der Waals surface area (Å²) in [6, 6.07) is 1.11. The van der Waals surface area contributed by atoms with Gasteiger partial charge in [-0.3, -0.25) is 4.68 Å². The molecule has 1 aliphatic heterocycles. The summed E-state index contributed by atoms with van der Waals surface area (Å²) >= 11 is 0. The van der Waals surface area contributed by atoms with E-state index in [9.17, 15) is 13.2 Å². The number of hydrogen-bond donors (Lipinski definition) is 0. The lowest BCUT2D eigenvalue weighted by molar-refractivity contribution is -0.137. The molecule has 0 radical (unpaired) electrons. The largest absolute Gasteiger partial charge is 0.420 e. The molecule has 2 aliphatic rings. The number of likely N-dealkylation sites (tertiary alicyclic amines) is 1. The van der Waals surface area contributed by atoms with Gasteiger partial charge in [0, 0.05) is 33.7 Å². The van der Waals surface area contributed by atoms with Gasteiger partial charge < -0.3 is 9.80 Å². The summed E-state index contributed by atoms with van der Waals surface area (Å²) < 4.78 is 43.6. The molecule has 2 aromatic heterocycles. The summed E-state index contributed by atoms with van der Waals surface area (Å²) in [5, 5.41) is 12.3.